The molecule has 6 nitrogen and oxygen atoms in total. The Morgan fingerprint density at radius 2 is 2.05 bits per heavy atom. The lowest BCUT2D eigenvalue weighted by Gasteiger charge is -2.15. The van der Waals surface area contributed by atoms with Gasteiger partial charge in [0.05, 0.1) is 17.1 Å². The third kappa shape index (κ3) is 2.02. The fourth-order valence-corrected chi connectivity index (χ4v) is 2.72. The van der Waals surface area contributed by atoms with E-state index in [0.29, 0.717) is 19.5 Å². The average molecular weight is 275 g/mol. The zero-order valence-electron chi connectivity index (χ0n) is 11.3. The molecule has 1 aliphatic heterocycles. The number of hydrogen-bond donors (Lipinski definition) is 1. The van der Waals surface area contributed by atoms with Gasteiger partial charge in [-0.05, 0) is 18.6 Å². The Balaban J connectivity index is 1.93. The Bertz CT molecular complexity index is 716. The molecule has 3 rings (SSSR count). The zero-order valence-corrected chi connectivity index (χ0v) is 11.3. The molecule has 2 aromatic rings. The molecule has 1 atom stereocenters. The number of aliphatic hydroxyl groups excluding tert-OH is 1. The highest BCUT2D eigenvalue weighted by Crippen LogP contribution is 2.13. The van der Waals surface area contributed by atoms with E-state index in [2.05, 4.69) is 0 Å². The van der Waals surface area contributed by atoms with Gasteiger partial charge in [0.2, 0.25) is 5.91 Å². The van der Waals surface area contributed by atoms with Gasteiger partial charge in [-0.15, -0.1) is 0 Å². The van der Waals surface area contributed by atoms with Gasteiger partial charge in [0, 0.05) is 20.1 Å². The fraction of sp³-hybridized carbons (Fsp3) is 0.429. The Morgan fingerprint density at radius 3 is 2.70 bits per heavy atom. The Hall–Kier alpha value is -2.08. The highest BCUT2D eigenvalue weighted by atomic mass is 16.3. The number of fused-ring (bicyclic) bond motifs is 1. The van der Waals surface area contributed by atoms with Crippen LogP contribution < -0.4 is 5.69 Å². The van der Waals surface area contributed by atoms with E-state index in [0.717, 1.165) is 11.0 Å². The number of likely N-dealkylation sites (tertiary alicyclic amines) is 1. The van der Waals surface area contributed by atoms with Crippen LogP contribution in [0, 0.1) is 0 Å². The maximum absolute atomic E-state index is 12.2. The smallest absolute Gasteiger partial charge is 0.329 e. The second kappa shape index (κ2) is 4.79. The van der Waals surface area contributed by atoms with Crippen LogP contribution in [0.25, 0.3) is 11.0 Å². The van der Waals surface area contributed by atoms with Gasteiger partial charge in [-0.3, -0.25) is 13.9 Å². The molecule has 1 aromatic carbocycles. The molecule has 1 aromatic heterocycles. The number of aromatic nitrogens is 2. The van der Waals surface area contributed by atoms with E-state index in [1.165, 1.54) is 4.57 Å². The predicted molar refractivity (Wildman–Crippen MR) is 74.4 cm³/mol. The van der Waals surface area contributed by atoms with Gasteiger partial charge in [-0.2, -0.15) is 0 Å². The van der Waals surface area contributed by atoms with Crippen LogP contribution in [0.1, 0.15) is 6.42 Å². The van der Waals surface area contributed by atoms with E-state index < -0.39 is 6.10 Å². The van der Waals surface area contributed by atoms with E-state index in [1.807, 2.05) is 24.3 Å². The van der Waals surface area contributed by atoms with Crippen LogP contribution in [0.3, 0.4) is 0 Å². The van der Waals surface area contributed by atoms with Gasteiger partial charge in [0.25, 0.3) is 0 Å². The summed E-state index contributed by atoms with van der Waals surface area (Å²) in [7, 11) is 1.70. The van der Waals surface area contributed by atoms with Crippen LogP contribution in [0.4, 0.5) is 0 Å². The molecule has 0 bridgehead atoms. The summed E-state index contributed by atoms with van der Waals surface area (Å²) in [6.45, 7) is 0.935. The molecule has 1 N–H and O–H groups in total. The van der Waals surface area contributed by atoms with E-state index in [-0.39, 0.29) is 18.1 Å². The maximum Gasteiger partial charge on any atom is 0.329 e. The van der Waals surface area contributed by atoms with Crippen LogP contribution in [0.5, 0.6) is 0 Å². The predicted octanol–water partition coefficient (Wildman–Crippen LogP) is -0.0668. The molecule has 1 fully saturated rings. The molecule has 106 valence electrons. The number of aliphatic hydroxyl groups is 1. The van der Waals surface area contributed by atoms with Crippen molar-refractivity contribution >= 4 is 16.9 Å². The number of nitrogens with zero attached hydrogens (tertiary/aromatic N) is 3. The lowest BCUT2D eigenvalue weighted by Crippen LogP contribution is -2.35. The van der Waals surface area contributed by atoms with Gasteiger partial charge in [-0.1, -0.05) is 12.1 Å². The SMILES string of the molecule is Cn1c(=O)n(CC(=O)N2CC[C@@H](O)C2)c2ccccc21. The van der Waals surface area contributed by atoms with Crippen molar-refractivity contribution in [2.45, 2.75) is 19.1 Å². The Labute approximate surface area is 115 Å². The number of benzene rings is 1. The van der Waals surface area contributed by atoms with E-state index in [9.17, 15) is 14.7 Å². The van der Waals surface area contributed by atoms with Gasteiger partial charge in [-0.25, -0.2) is 4.79 Å². The van der Waals surface area contributed by atoms with Gasteiger partial charge < -0.3 is 10.0 Å². The third-order valence-corrected chi connectivity index (χ3v) is 3.86. The first kappa shape index (κ1) is 12.9. The molecule has 0 radical (unpaired) electrons. The van der Waals surface area contributed by atoms with Crippen molar-refractivity contribution in [3.8, 4) is 0 Å². The van der Waals surface area contributed by atoms with Crippen LogP contribution >= 0.6 is 0 Å². The van der Waals surface area contributed by atoms with Crippen molar-refractivity contribution in [3.63, 3.8) is 0 Å². The van der Waals surface area contributed by atoms with Gasteiger partial charge >= 0.3 is 5.69 Å². The first-order chi connectivity index (χ1) is 9.58. The normalized spacial score (nSPS) is 18.9. The molecule has 1 amide bonds. The summed E-state index contributed by atoms with van der Waals surface area (Å²) < 4.78 is 3.03. The molecule has 2 heterocycles. The van der Waals surface area contributed by atoms with Crippen LogP contribution in [0.2, 0.25) is 0 Å². The largest absolute Gasteiger partial charge is 0.391 e. The summed E-state index contributed by atoms with van der Waals surface area (Å²) in [5.74, 6) is -0.125. The summed E-state index contributed by atoms with van der Waals surface area (Å²) in [5.41, 5.74) is 1.37. The summed E-state index contributed by atoms with van der Waals surface area (Å²) in [6.07, 6.45) is 0.166. The van der Waals surface area contributed by atoms with Crippen molar-refractivity contribution < 1.29 is 9.90 Å². The van der Waals surface area contributed by atoms with Gasteiger partial charge in [0.1, 0.15) is 6.54 Å². The third-order valence-electron chi connectivity index (χ3n) is 3.86. The molecule has 1 aliphatic rings. The molecule has 0 saturated carbocycles. The van der Waals surface area contributed by atoms with E-state index in [4.69, 9.17) is 0 Å². The van der Waals surface area contributed by atoms with E-state index >= 15 is 0 Å². The number of imidazole rings is 1. The number of rotatable bonds is 2. The molecular weight excluding hydrogens is 258 g/mol. The molecule has 0 unspecified atom stereocenters. The van der Waals surface area contributed by atoms with Crippen molar-refractivity contribution in [2.24, 2.45) is 7.05 Å². The van der Waals surface area contributed by atoms with Crippen molar-refractivity contribution in [3.05, 3.63) is 34.7 Å². The first-order valence-electron chi connectivity index (χ1n) is 6.68. The second-order valence-corrected chi connectivity index (χ2v) is 5.20. The number of carbonyl (C=O) groups excluding carboxylic acids is 1. The van der Waals surface area contributed by atoms with Crippen LogP contribution in [0.15, 0.2) is 29.1 Å². The Morgan fingerprint density at radius 1 is 1.35 bits per heavy atom. The second-order valence-electron chi connectivity index (χ2n) is 5.20. The van der Waals surface area contributed by atoms with Gasteiger partial charge in [0.15, 0.2) is 0 Å². The fourth-order valence-electron chi connectivity index (χ4n) is 2.72. The number of carbonyl (C=O) groups is 1. The quantitative estimate of drug-likeness (QED) is 0.834. The van der Waals surface area contributed by atoms with Crippen molar-refractivity contribution in [1.82, 2.24) is 14.0 Å². The summed E-state index contributed by atoms with van der Waals surface area (Å²) in [4.78, 5) is 26.0. The molecule has 0 spiro atoms. The lowest BCUT2D eigenvalue weighted by atomic mass is 10.3. The van der Waals surface area contributed by atoms with Crippen molar-refractivity contribution in [1.29, 1.82) is 0 Å². The van der Waals surface area contributed by atoms with Crippen molar-refractivity contribution in [2.75, 3.05) is 13.1 Å². The van der Waals surface area contributed by atoms with Crippen LogP contribution in [-0.4, -0.2) is 44.2 Å². The zero-order chi connectivity index (χ0) is 14.3. The summed E-state index contributed by atoms with van der Waals surface area (Å²) in [6, 6.07) is 7.41. The topological polar surface area (TPSA) is 67.5 Å². The summed E-state index contributed by atoms with van der Waals surface area (Å²) in [5, 5.41) is 9.48. The molecule has 20 heavy (non-hydrogen) atoms. The number of β-amino-alcohol motifs (C(OH)–C–C–N with tert-alkyl or cyclic N) is 1. The number of para-hydroxylation sites is 2. The average Bonchev–Trinajstić information content (AvgIpc) is 2.98. The Kier molecular flexibility index (Phi) is 3.10. The summed E-state index contributed by atoms with van der Waals surface area (Å²) >= 11 is 0. The van der Waals surface area contributed by atoms with E-state index in [1.54, 1.807) is 16.5 Å². The highest BCUT2D eigenvalue weighted by Gasteiger charge is 2.25. The molecule has 0 aliphatic carbocycles. The standard InChI is InChI=1S/C14H17N3O3/c1-15-11-4-2-3-5-12(11)17(14(15)20)9-13(19)16-7-6-10(18)8-16/h2-5,10,18H,6-9H2,1H3/t10-/m1/s1. The number of aryl methyl sites for hydroxylation is 1. The molecule has 6 heteroatoms. The monoisotopic (exact) mass is 275 g/mol. The minimum atomic E-state index is -0.441. The first-order valence-corrected chi connectivity index (χ1v) is 6.68. The number of hydrogen-bond acceptors (Lipinski definition) is 3. The maximum atomic E-state index is 12.2. The minimum Gasteiger partial charge on any atom is -0.391 e. The minimum absolute atomic E-state index is 0.0207. The molecular formula is C14H17N3O3. The highest BCUT2D eigenvalue weighted by molar-refractivity contribution is 5.81. The molecule has 1 saturated heterocycles. The van der Waals surface area contributed by atoms with Crippen LogP contribution in [-0.2, 0) is 18.4 Å². The number of amides is 1. The lowest BCUT2D eigenvalue weighted by molar-refractivity contribution is -0.131.